The molecule has 6 heteroatoms. The van der Waals surface area contributed by atoms with E-state index in [1.54, 1.807) is 24.3 Å². The molecule has 1 amide bonds. The molecule has 0 radical (unpaired) electrons. The summed E-state index contributed by atoms with van der Waals surface area (Å²) in [6.45, 7) is 3.77. The Labute approximate surface area is 142 Å². The number of nitrogens with zero attached hydrogens (tertiary/aromatic N) is 1. The third-order valence-corrected chi connectivity index (χ3v) is 4.92. The van der Waals surface area contributed by atoms with Gasteiger partial charge in [-0.1, -0.05) is 29.3 Å². The molecule has 1 aromatic carbocycles. The van der Waals surface area contributed by atoms with Crippen molar-refractivity contribution in [3.8, 4) is 6.07 Å². The maximum absolute atomic E-state index is 12.0. The number of benzene rings is 1. The molecule has 0 unspecified atom stereocenters. The Balaban J connectivity index is 2.19. The first kappa shape index (κ1) is 16.6. The Morgan fingerprint density at radius 3 is 2.55 bits per heavy atom. The van der Waals surface area contributed by atoms with Crippen molar-refractivity contribution in [2.24, 2.45) is 0 Å². The Kier molecular flexibility index (Phi) is 5.25. The van der Waals surface area contributed by atoms with E-state index >= 15 is 0 Å². The molecule has 0 aliphatic carbocycles. The number of thiophene rings is 1. The number of carbonyl (C=O) groups excluding carboxylic acids is 1. The van der Waals surface area contributed by atoms with Gasteiger partial charge in [0, 0.05) is 26.6 Å². The van der Waals surface area contributed by atoms with Crippen LogP contribution in [0.5, 0.6) is 0 Å². The minimum atomic E-state index is -0.339. The fourth-order valence-corrected chi connectivity index (χ4v) is 3.37. The van der Waals surface area contributed by atoms with E-state index in [1.807, 2.05) is 13.8 Å². The first-order valence-corrected chi connectivity index (χ1v) is 7.94. The van der Waals surface area contributed by atoms with E-state index < -0.39 is 0 Å². The first-order valence-electron chi connectivity index (χ1n) is 6.37. The molecule has 0 bridgehead atoms. The van der Waals surface area contributed by atoms with Gasteiger partial charge in [0.05, 0.1) is 5.56 Å². The van der Waals surface area contributed by atoms with E-state index in [-0.39, 0.29) is 5.91 Å². The summed E-state index contributed by atoms with van der Waals surface area (Å²) in [4.78, 5) is 13.0. The van der Waals surface area contributed by atoms with Crippen LogP contribution in [0.1, 0.15) is 21.6 Å². The minimum absolute atomic E-state index is 0.339. The summed E-state index contributed by atoms with van der Waals surface area (Å²) in [5, 5.41) is 13.4. The van der Waals surface area contributed by atoms with Gasteiger partial charge in [0.25, 0.3) is 0 Å². The third kappa shape index (κ3) is 3.50. The molecule has 0 saturated carbocycles. The predicted molar refractivity (Wildman–Crippen MR) is 92.6 cm³/mol. The van der Waals surface area contributed by atoms with Crippen molar-refractivity contribution in [1.29, 1.82) is 5.26 Å². The van der Waals surface area contributed by atoms with Crippen LogP contribution in [-0.2, 0) is 4.79 Å². The van der Waals surface area contributed by atoms with Gasteiger partial charge in [-0.05, 0) is 37.6 Å². The van der Waals surface area contributed by atoms with E-state index in [0.717, 1.165) is 10.4 Å². The maximum atomic E-state index is 12.0. The zero-order valence-electron chi connectivity index (χ0n) is 11.9. The van der Waals surface area contributed by atoms with Crippen LogP contribution in [0.15, 0.2) is 24.3 Å². The van der Waals surface area contributed by atoms with Crippen molar-refractivity contribution in [1.82, 2.24) is 0 Å². The Bertz CT molecular complexity index is 783. The fraction of sp³-hybridized carbons (Fsp3) is 0.125. The average Bonchev–Trinajstić information content (AvgIpc) is 2.72. The van der Waals surface area contributed by atoms with Crippen molar-refractivity contribution in [3.63, 3.8) is 0 Å². The number of aryl methyl sites for hydroxylation is 1. The summed E-state index contributed by atoms with van der Waals surface area (Å²) >= 11 is 13.5. The van der Waals surface area contributed by atoms with Crippen LogP contribution < -0.4 is 5.32 Å². The number of rotatable bonds is 3. The lowest BCUT2D eigenvalue weighted by atomic mass is 10.2. The van der Waals surface area contributed by atoms with Crippen LogP contribution in [0.4, 0.5) is 5.00 Å². The second kappa shape index (κ2) is 6.97. The van der Waals surface area contributed by atoms with Crippen molar-refractivity contribution in [2.75, 3.05) is 5.32 Å². The third-order valence-electron chi connectivity index (χ3n) is 3.13. The highest BCUT2D eigenvalue weighted by molar-refractivity contribution is 7.16. The van der Waals surface area contributed by atoms with Gasteiger partial charge >= 0.3 is 0 Å². The van der Waals surface area contributed by atoms with E-state index in [4.69, 9.17) is 28.5 Å². The molecule has 0 atom stereocenters. The van der Waals surface area contributed by atoms with Gasteiger partial charge in [-0.3, -0.25) is 4.79 Å². The topological polar surface area (TPSA) is 52.9 Å². The van der Waals surface area contributed by atoms with Gasteiger partial charge in [-0.2, -0.15) is 5.26 Å². The normalized spacial score (nSPS) is 10.7. The number of anilines is 1. The molecular weight excluding hydrogens is 339 g/mol. The molecule has 1 aromatic heterocycles. The summed E-state index contributed by atoms with van der Waals surface area (Å²) < 4.78 is 0. The highest BCUT2D eigenvalue weighted by Crippen LogP contribution is 2.31. The Morgan fingerprint density at radius 1 is 1.32 bits per heavy atom. The van der Waals surface area contributed by atoms with Crippen LogP contribution >= 0.6 is 34.5 Å². The molecule has 0 aliphatic heterocycles. The average molecular weight is 351 g/mol. The smallest absolute Gasteiger partial charge is 0.249 e. The Morgan fingerprint density at radius 2 is 1.95 bits per heavy atom. The summed E-state index contributed by atoms with van der Waals surface area (Å²) in [6.07, 6.45) is 2.90. The summed E-state index contributed by atoms with van der Waals surface area (Å²) in [6, 6.07) is 7.24. The number of hydrogen-bond acceptors (Lipinski definition) is 3. The number of nitriles is 1. The summed E-state index contributed by atoms with van der Waals surface area (Å²) in [5.41, 5.74) is 1.97. The van der Waals surface area contributed by atoms with E-state index in [0.29, 0.717) is 26.2 Å². The second-order valence-electron chi connectivity index (χ2n) is 4.56. The van der Waals surface area contributed by atoms with Crippen molar-refractivity contribution < 1.29 is 4.79 Å². The molecule has 1 heterocycles. The molecule has 2 aromatic rings. The highest BCUT2D eigenvalue weighted by atomic mass is 35.5. The molecular formula is C16H12Cl2N2OS. The van der Waals surface area contributed by atoms with E-state index in [2.05, 4.69) is 11.4 Å². The predicted octanol–water partition coefficient (Wildman–Crippen LogP) is 5.20. The van der Waals surface area contributed by atoms with Gasteiger partial charge in [0.15, 0.2) is 0 Å². The number of carbonyl (C=O) groups is 1. The number of halogens is 2. The minimum Gasteiger partial charge on any atom is -0.313 e. The molecule has 112 valence electrons. The van der Waals surface area contributed by atoms with E-state index in [1.165, 1.54) is 17.4 Å². The van der Waals surface area contributed by atoms with E-state index in [9.17, 15) is 4.79 Å². The van der Waals surface area contributed by atoms with Crippen molar-refractivity contribution in [3.05, 3.63) is 55.9 Å². The molecule has 3 nitrogen and oxygen atoms in total. The molecule has 0 aliphatic rings. The van der Waals surface area contributed by atoms with Gasteiger partial charge in [-0.25, -0.2) is 0 Å². The van der Waals surface area contributed by atoms with Gasteiger partial charge in [-0.15, -0.1) is 11.3 Å². The van der Waals surface area contributed by atoms with Gasteiger partial charge in [0.1, 0.15) is 11.1 Å². The number of nitrogens with one attached hydrogen (secondary N) is 1. The van der Waals surface area contributed by atoms with Crippen LogP contribution in [0.3, 0.4) is 0 Å². The molecule has 1 N–H and O–H groups in total. The molecule has 2 rings (SSSR count). The summed E-state index contributed by atoms with van der Waals surface area (Å²) in [7, 11) is 0. The fourth-order valence-electron chi connectivity index (χ4n) is 1.83. The molecule has 0 fully saturated rings. The van der Waals surface area contributed by atoms with Crippen LogP contribution in [0.2, 0.25) is 10.0 Å². The summed E-state index contributed by atoms with van der Waals surface area (Å²) in [5.74, 6) is -0.339. The van der Waals surface area contributed by atoms with Gasteiger partial charge < -0.3 is 5.32 Å². The number of amides is 1. The molecule has 0 spiro atoms. The quantitative estimate of drug-likeness (QED) is 0.773. The van der Waals surface area contributed by atoms with Crippen LogP contribution in [0, 0.1) is 25.2 Å². The number of hydrogen-bond donors (Lipinski definition) is 1. The van der Waals surface area contributed by atoms with Gasteiger partial charge in [0.2, 0.25) is 5.91 Å². The lowest BCUT2D eigenvalue weighted by Gasteiger charge is -2.02. The maximum Gasteiger partial charge on any atom is 0.249 e. The zero-order valence-corrected chi connectivity index (χ0v) is 14.2. The lowest BCUT2D eigenvalue weighted by molar-refractivity contribution is -0.111. The first-order chi connectivity index (χ1) is 10.4. The molecule has 22 heavy (non-hydrogen) atoms. The molecule has 0 saturated heterocycles. The van der Waals surface area contributed by atoms with Crippen molar-refractivity contribution >= 4 is 51.5 Å². The lowest BCUT2D eigenvalue weighted by Crippen LogP contribution is -2.07. The zero-order chi connectivity index (χ0) is 16.3. The SMILES string of the molecule is Cc1sc(NC(=O)C=Cc2c(Cl)cccc2Cl)c(C#N)c1C. The van der Waals surface area contributed by atoms with Crippen molar-refractivity contribution in [2.45, 2.75) is 13.8 Å². The van der Waals surface area contributed by atoms with Crippen LogP contribution in [-0.4, -0.2) is 5.91 Å². The largest absolute Gasteiger partial charge is 0.313 e. The monoisotopic (exact) mass is 350 g/mol. The Hall–Kier alpha value is -1.80. The second-order valence-corrected chi connectivity index (χ2v) is 6.60. The highest BCUT2D eigenvalue weighted by Gasteiger charge is 2.13. The standard InChI is InChI=1S/C16H12Cl2N2OS/c1-9-10(2)22-16(12(9)8-19)20-15(21)7-6-11-13(17)4-3-5-14(11)18/h3-7H,1-2H3,(H,20,21). The van der Waals surface area contributed by atoms with Crippen LogP contribution in [0.25, 0.3) is 6.08 Å².